The first-order valence-corrected chi connectivity index (χ1v) is 8.33. The van der Waals surface area contributed by atoms with Gasteiger partial charge in [-0.05, 0) is 37.1 Å². The second-order valence-electron chi connectivity index (χ2n) is 5.40. The molecule has 1 aromatic carbocycles. The van der Waals surface area contributed by atoms with E-state index in [2.05, 4.69) is 40.0 Å². The molecule has 0 amide bonds. The van der Waals surface area contributed by atoms with Crippen molar-refractivity contribution in [1.82, 2.24) is 10.2 Å². The SMILES string of the molecule is CCC1(CC)CNCCN1CCOc1ccc(Br)cc1. The Morgan fingerprint density at radius 1 is 1.25 bits per heavy atom. The molecular formula is C16H25BrN2O. The summed E-state index contributed by atoms with van der Waals surface area (Å²) in [5.41, 5.74) is 0.307. The van der Waals surface area contributed by atoms with Gasteiger partial charge in [-0.2, -0.15) is 0 Å². The normalized spacial score (nSPS) is 18.9. The monoisotopic (exact) mass is 340 g/mol. The second-order valence-corrected chi connectivity index (χ2v) is 6.31. The molecule has 1 heterocycles. The second kappa shape index (κ2) is 7.43. The van der Waals surface area contributed by atoms with Crippen LogP contribution in [0.5, 0.6) is 5.75 Å². The zero-order chi connectivity index (χ0) is 14.4. The summed E-state index contributed by atoms with van der Waals surface area (Å²) in [6.45, 7) is 9.63. The maximum Gasteiger partial charge on any atom is 0.119 e. The molecule has 1 saturated heterocycles. The molecule has 1 aliphatic heterocycles. The molecule has 1 fully saturated rings. The Morgan fingerprint density at radius 3 is 2.60 bits per heavy atom. The molecule has 0 atom stereocenters. The van der Waals surface area contributed by atoms with E-state index in [1.165, 1.54) is 12.8 Å². The van der Waals surface area contributed by atoms with Crippen LogP contribution in [0.2, 0.25) is 0 Å². The third-order valence-corrected chi connectivity index (χ3v) is 4.97. The Labute approximate surface area is 130 Å². The first-order valence-electron chi connectivity index (χ1n) is 7.54. The van der Waals surface area contributed by atoms with Gasteiger partial charge in [0.25, 0.3) is 0 Å². The first kappa shape index (κ1) is 15.8. The Bertz CT molecular complexity index is 403. The zero-order valence-corrected chi connectivity index (χ0v) is 14.1. The lowest BCUT2D eigenvalue weighted by molar-refractivity contribution is 0.0403. The van der Waals surface area contributed by atoms with Crippen molar-refractivity contribution < 1.29 is 4.74 Å². The van der Waals surface area contributed by atoms with E-state index in [1.54, 1.807) is 0 Å². The molecule has 0 unspecified atom stereocenters. The molecule has 112 valence electrons. The third kappa shape index (κ3) is 3.74. The molecule has 1 N–H and O–H groups in total. The smallest absolute Gasteiger partial charge is 0.119 e. The van der Waals surface area contributed by atoms with Crippen LogP contribution in [0.3, 0.4) is 0 Å². The molecule has 0 radical (unpaired) electrons. The zero-order valence-electron chi connectivity index (χ0n) is 12.5. The highest BCUT2D eigenvalue weighted by Gasteiger charge is 2.35. The quantitative estimate of drug-likeness (QED) is 0.859. The summed E-state index contributed by atoms with van der Waals surface area (Å²) in [5, 5.41) is 3.53. The molecule has 0 spiro atoms. The molecule has 0 aromatic heterocycles. The van der Waals surface area contributed by atoms with Crippen LogP contribution < -0.4 is 10.1 Å². The maximum atomic E-state index is 5.86. The van der Waals surface area contributed by atoms with E-state index >= 15 is 0 Å². The highest BCUT2D eigenvalue weighted by Crippen LogP contribution is 2.25. The van der Waals surface area contributed by atoms with Gasteiger partial charge in [0.1, 0.15) is 12.4 Å². The molecule has 3 nitrogen and oxygen atoms in total. The Morgan fingerprint density at radius 2 is 1.95 bits per heavy atom. The molecule has 2 rings (SSSR count). The van der Waals surface area contributed by atoms with E-state index in [9.17, 15) is 0 Å². The van der Waals surface area contributed by atoms with Crippen LogP contribution in [0.1, 0.15) is 26.7 Å². The summed E-state index contributed by atoms with van der Waals surface area (Å²) in [5.74, 6) is 0.946. The van der Waals surface area contributed by atoms with Crippen molar-refractivity contribution in [2.24, 2.45) is 0 Å². The Hall–Kier alpha value is -0.580. The fourth-order valence-corrected chi connectivity index (χ4v) is 3.25. The number of ether oxygens (including phenoxy) is 1. The fraction of sp³-hybridized carbons (Fsp3) is 0.625. The van der Waals surface area contributed by atoms with Gasteiger partial charge in [-0.3, -0.25) is 4.90 Å². The van der Waals surface area contributed by atoms with Gasteiger partial charge in [0.15, 0.2) is 0 Å². The minimum Gasteiger partial charge on any atom is -0.492 e. The van der Waals surface area contributed by atoms with Crippen molar-refractivity contribution in [1.29, 1.82) is 0 Å². The number of hydrogen-bond donors (Lipinski definition) is 1. The number of rotatable bonds is 6. The summed E-state index contributed by atoms with van der Waals surface area (Å²) in [6.07, 6.45) is 2.38. The van der Waals surface area contributed by atoms with Crippen LogP contribution in [0.15, 0.2) is 28.7 Å². The first-order chi connectivity index (χ1) is 9.70. The molecular weight excluding hydrogens is 316 g/mol. The standard InChI is InChI=1S/C16H25BrN2O/c1-3-16(4-2)13-18-9-10-19(16)11-12-20-15-7-5-14(17)6-8-15/h5-8,18H,3-4,9-13H2,1-2H3. The van der Waals surface area contributed by atoms with Crippen molar-refractivity contribution in [2.75, 3.05) is 32.8 Å². The van der Waals surface area contributed by atoms with Crippen LogP contribution in [-0.4, -0.2) is 43.2 Å². The average molecular weight is 341 g/mol. The van der Waals surface area contributed by atoms with Gasteiger partial charge in [-0.15, -0.1) is 0 Å². The van der Waals surface area contributed by atoms with Gasteiger partial charge in [0.05, 0.1) is 0 Å². The molecule has 20 heavy (non-hydrogen) atoms. The van der Waals surface area contributed by atoms with Crippen molar-refractivity contribution in [3.63, 3.8) is 0 Å². The van der Waals surface area contributed by atoms with Crippen molar-refractivity contribution >= 4 is 15.9 Å². The van der Waals surface area contributed by atoms with Gasteiger partial charge in [0, 0.05) is 36.2 Å². The van der Waals surface area contributed by atoms with E-state index in [0.29, 0.717) is 5.54 Å². The minimum absolute atomic E-state index is 0.307. The summed E-state index contributed by atoms with van der Waals surface area (Å²) in [7, 11) is 0. The van der Waals surface area contributed by atoms with Crippen LogP contribution in [-0.2, 0) is 0 Å². The fourth-order valence-electron chi connectivity index (χ4n) is 2.98. The van der Waals surface area contributed by atoms with Crippen LogP contribution in [0.25, 0.3) is 0 Å². The number of hydrogen-bond acceptors (Lipinski definition) is 3. The lowest BCUT2D eigenvalue weighted by atomic mass is 9.88. The van der Waals surface area contributed by atoms with Crippen molar-refractivity contribution in [3.8, 4) is 5.75 Å². The highest BCUT2D eigenvalue weighted by atomic mass is 79.9. The highest BCUT2D eigenvalue weighted by molar-refractivity contribution is 9.10. The summed E-state index contributed by atoms with van der Waals surface area (Å²) in [6, 6.07) is 8.05. The van der Waals surface area contributed by atoms with E-state index < -0.39 is 0 Å². The van der Waals surface area contributed by atoms with Crippen LogP contribution in [0.4, 0.5) is 0 Å². The minimum atomic E-state index is 0.307. The molecule has 0 aliphatic carbocycles. The molecule has 4 heteroatoms. The summed E-state index contributed by atoms with van der Waals surface area (Å²) in [4.78, 5) is 2.60. The maximum absolute atomic E-state index is 5.86. The predicted octanol–water partition coefficient (Wildman–Crippen LogP) is 3.29. The van der Waals surface area contributed by atoms with Gasteiger partial charge < -0.3 is 10.1 Å². The van der Waals surface area contributed by atoms with Crippen LogP contribution in [0, 0.1) is 0 Å². The third-order valence-electron chi connectivity index (χ3n) is 4.44. The topological polar surface area (TPSA) is 24.5 Å². The number of benzene rings is 1. The Balaban J connectivity index is 1.87. The average Bonchev–Trinajstić information content (AvgIpc) is 2.50. The van der Waals surface area contributed by atoms with E-state index in [0.717, 1.165) is 43.0 Å². The largest absolute Gasteiger partial charge is 0.492 e. The summed E-state index contributed by atoms with van der Waals surface area (Å²) < 4.78 is 6.95. The number of piperazine rings is 1. The molecule has 1 aromatic rings. The van der Waals surface area contributed by atoms with E-state index in [1.807, 2.05) is 24.3 Å². The summed E-state index contributed by atoms with van der Waals surface area (Å²) >= 11 is 3.44. The van der Waals surface area contributed by atoms with Gasteiger partial charge in [0.2, 0.25) is 0 Å². The molecule has 1 aliphatic rings. The Kier molecular flexibility index (Phi) is 5.87. The van der Waals surface area contributed by atoms with Crippen molar-refractivity contribution in [3.05, 3.63) is 28.7 Å². The lowest BCUT2D eigenvalue weighted by Gasteiger charge is -2.47. The van der Waals surface area contributed by atoms with E-state index in [-0.39, 0.29) is 0 Å². The van der Waals surface area contributed by atoms with Crippen LogP contribution >= 0.6 is 15.9 Å². The van der Waals surface area contributed by atoms with Crippen molar-refractivity contribution in [2.45, 2.75) is 32.2 Å². The number of halogens is 1. The van der Waals surface area contributed by atoms with Gasteiger partial charge in [-0.25, -0.2) is 0 Å². The lowest BCUT2D eigenvalue weighted by Crippen LogP contribution is -2.61. The van der Waals surface area contributed by atoms with Gasteiger partial charge in [-0.1, -0.05) is 29.8 Å². The molecule has 0 bridgehead atoms. The number of nitrogens with zero attached hydrogens (tertiary/aromatic N) is 1. The molecule has 0 saturated carbocycles. The predicted molar refractivity (Wildman–Crippen MR) is 87.4 cm³/mol. The van der Waals surface area contributed by atoms with Gasteiger partial charge >= 0.3 is 0 Å². The number of nitrogens with one attached hydrogen (secondary N) is 1. The van der Waals surface area contributed by atoms with E-state index in [4.69, 9.17) is 4.74 Å².